The van der Waals surface area contributed by atoms with E-state index in [4.69, 9.17) is 4.74 Å². The molecule has 1 unspecified atom stereocenters. The number of halogens is 3. The number of hydrogen-bond acceptors (Lipinski definition) is 5. The molecule has 11 heteroatoms. The Morgan fingerprint density at radius 3 is 2.43 bits per heavy atom. The van der Waals surface area contributed by atoms with Gasteiger partial charge in [-0.15, -0.1) is 4.72 Å². The molecule has 1 amide bonds. The SMILES string of the molecule is COc1cccc([C@@H]2[C@H](N[S+]([O-])C(C)(C)C)CCN2C(=O)Cn2nc(C3CC3)c(C)c2C(F)(F)F)c1C. The van der Waals surface area contributed by atoms with Gasteiger partial charge < -0.3 is 14.2 Å². The van der Waals surface area contributed by atoms with Crippen LogP contribution in [0.25, 0.3) is 0 Å². The van der Waals surface area contributed by atoms with Gasteiger partial charge in [-0.3, -0.25) is 9.48 Å². The average molecular weight is 541 g/mol. The maximum Gasteiger partial charge on any atom is 0.433 e. The fraction of sp³-hybridized carbons (Fsp3) is 0.615. The third kappa shape index (κ3) is 5.63. The van der Waals surface area contributed by atoms with Crippen LogP contribution in [0.5, 0.6) is 5.75 Å². The summed E-state index contributed by atoms with van der Waals surface area (Å²) in [5.74, 6) is 0.203. The summed E-state index contributed by atoms with van der Waals surface area (Å²) < 4.78 is 63.9. The van der Waals surface area contributed by atoms with Crippen molar-refractivity contribution in [3.8, 4) is 5.75 Å². The Labute approximate surface area is 219 Å². The van der Waals surface area contributed by atoms with Crippen LogP contribution >= 0.6 is 0 Å². The van der Waals surface area contributed by atoms with Crippen molar-refractivity contribution < 1.29 is 27.3 Å². The van der Waals surface area contributed by atoms with Crippen molar-refractivity contribution in [2.75, 3.05) is 13.7 Å². The van der Waals surface area contributed by atoms with E-state index in [-0.39, 0.29) is 17.5 Å². The van der Waals surface area contributed by atoms with E-state index >= 15 is 0 Å². The Balaban J connectivity index is 1.69. The van der Waals surface area contributed by atoms with E-state index in [1.165, 1.54) is 6.92 Å². The number of nitrogens with one attached hydrogen (secondary N) is 1. The molecular formula is C26H35F3N4O3S. The Bertz CT molecular complexity index is 1160. The number of likely N-dealkylation sites (tertiary alicyclic amines) is 1. The zero-order valence-electron chi connectivity index (χ0n) is 22.1. The number of methoxy groups -OCH3 is 1. The average Bonchev–Trinajstić information content (AvgIpc) is 3.47. The van der Waals surface area contributed by atoms with E-state index in [0.717, 1.165) is 28.7 Å². The molecule has 1 saturated carbocycles. The van der Waals surface area contributed by atoms with Crippen LogP contribution in [-0.4, -0.2) is 49.6 Å². The van der Waals surface area contributed by atoms with Crippen LogP contribution < -0.4 is 9.46 Å². The van der Waals surface area contributed by atoms with Crippen LogP contribution in [0.1, 0.15) is 80.1 Å². The quantitative estimate of drug-likeness (QED) is 0.511. The van der Waals surface area contributed by atoms with Crippen LogP contribution in [0.2, 0.25) is 0 Å². The molecule has 204 valence electrons. The molecule has 1 aromatic carbocycles. The number of aromatic nitrogens is 2. The molecule has 2 fully saturated rings. The molecule has 7 nitrogen and oxygen atoms in total. The van der Waals surface area contributed by atoms with Gasteiger partial charge in [-0.25, -0.2) is 0 Å². The first-order valence-electron chi connectivity index (χ1n) is 12.5. The normalized spacial score (nSPS) is 21.4. The second-order valence-electron chi connectivity index (χ2n) is 10.9. The second-order valence-corrected chi connectivity index (χ2v) is 12.9. The van der Waals surface area contributed by atoms with Crippen LogP contribution in [0.15, 0.2) is 18.2 Å². The number of ether oxygens (including phenoxy) is 1. The van der Waals surface area contributed by atoms with Gasteiger partial charge in [0, 0.05) is 29.4 Å². The Kier molecular flexibility index (Phi) is 7.62. The monoisotopic (exact) mass is 540 g/mol. The van der Waals surface area contributed by atoms with Crippen molar-refractivity contribution in [3.63, 3.8) is 0 Å². The summed E-state index contributed by atoms with van der Waals surface area (Å²) >= 11 is -1.40. The van der Waals surface area contributed by atoms with E-state index in [1.807, 2.05) is 45.9 Å². The predicted octanol–water partition coefficient (Wildman–Crippen LogP) is 4.80. The second kappa shape index (κ2) is 10.1. The van der Waals surface area contributed by atoms with Crippen LogP contribution in [0.3, 0.4) is 0 Å². The first-order valence-corrected chi connectivity index (χ1v) is 13.6. The number of carbonyl (C=O) groups excluding carboxylic acids is 1. The summed E-state index contributed by atoms with van der Waals surface area (Å²) in [6, 6.07) is 4.64. The third-order valence-corrected chi connectivity index (χ3v) is 8.77. The van der Waals surface area contributed by atoms with E-state index in [0.29, 0.717) is 24.4 Å². The number of nitrogens with zero attached hydrogens (tertiary/aromatic N) is 3. The standard InChI is InChI=1S/C26H35F3N4O3S/c1-15-18(8-7-9-20(15)36-6)23-19(31-37(35)25(3,4)5)12-13-32(23)21(34)14-33-24(26(27,28)29)16(2)22(30-33)17-10-11-17/h7-9,17,19,23,31H,10-14H2,1-6H3/t19-,23-,37?/m1/s1. The van der Waals surface area contributed by atoms with Crippen LogP contribution in [-0.2, 0) is 28.9 Å². The molecule has 1 aromatic heterocycles. The zero-order chi connectivity index (χ0) is 27.3. The molecule has 37 heavy (non-hydrogen) atoms. The van der Waals surface area contributed by atoms with Gasteiger partial charge in [0.1, 0.15) is 22.7 Å². The van der Waals surface area contributed by atoms with Crippen LogP contribution in [0, 0.1) is 13.8 Å². The maximum atomic E-state index is 14.0. The predicted molar refractivity (Wildman–Crippen MR) is 136 cm³/mol. The van der Waals surface area contributed by atoms with E-state index in [9.17, 15) is 22.5 Å². The van der Waals surface area contributed by atoms with Crippen molar-refractivity contribution in [1.29, 1.82) is 0 Å². The first-order chi connectivity index (χ1) is 17.2. The van der Waals surface area contributed by atoms with Crippen molar-refractivity contribution in [2.45, 2.75) is 89.4 Å². The highest BCUT2D eigenvalue weighted by Gasteiger charge is 2.45. The van der Waals surface area contributed by atoms with Gasteiger partial charge in [-0.2, -0.15) is 18.3 Å². The number of alkyl halides is 3. The van der Waals surface area contributed by atoms with E-state index < -0.39 is 46.5 Å². The zero-order valence-corrected chi connectivity index (χ0v) is 22.9. The molecule has 1 N–H and O–H groups in total. The number of amides is 1. The smallest absolute Gasteiger partial charge is 0.433 e. The molecule has 0 bridgehead atoms. The van der Waals surface area contributed by atoms with Gasteiger partial charge in [0.2, 0.25) is 5.91 Å². The molecule has 2 aromatic rings. The summed E-state index contributed by atoms with van der Waals surface area (Å²) in [6.07, 6.45) is -2.49. The summed E-state index contributed by atoms with van der Waals surface area (Å²) in [4.78, 5) is 15.2. The van der Waals surface area contributed by atoms with Crippen molar-refractivity contribution >= 4 is 17.3 Å². The molecule has 1 saturated heterocycles. The molecule has 2 aliphatic rings. The third-order valence-electron chi connectivity index (χ3n) is 7.14. The molecule has 1 aliphatic heterocycles. The minimum Gasteiger partial charge on any atom is -0.598 e. The Morgan fingerprint density at radius 1 is 1.19 bits per heavy atom. The summed E-state index contributed by atoms with van der Waals surface area (Å²) in [5, 5.41) is 4.26. The minimum absolute atomic E-state index is 0.0254. The van der Waals surface area contributed by atoms with Crippen LogP contribution in [0.4, 0.5) is 13.2 Å². The molecular weight excluding hydrogens is 505 g/mol. The van der Waals surface area contributed by atoms with Gasteiger partial charge in [-0.05, 0) is 71.1 Å². The molecule has 2 heterocycles. The van der Waals surface area contributed by atoms with Crippen molar-refractivity contribution in [3.05, 3.63) is 46.3 Å². The Morgan fingerprint density at radius 2 is 1.86 bits per heavy atom. The Hall–Kier alpha value is -2.24. The van der Waals surface area contributed by atoms with Crippen molar-refractivity contribution in [2.24, 2.45) is 0 Å². The topological polar surface area (TPSA) is 82.5 Å². The highest BCUT2D eigenvalue weighted by Crippen LogP contribution is 2.44. The lowest BCUT2D eigenvalue weighted by Gasteiger charge is -2.33. The van der Waals surface area contributed by atoms with Gasteiger partial charge in [0.05, 0.1) is 24.9 Å². The lowest BCUT2D eigenvalue weighted by Crippen LogP contribution is -2.47. The number of rotatable bonds is 7. The number of benzene rings is 1. The molecule has 3 atom stereocenters. The van der Waals surface area contributed by atoms with E-state index in [1.54, 1.807) is 12.0 Å². The molecule has 4 rings (SSSR count). The maximum absolute atomic E-state index is 14.0. The number of carbonyl (C=O) groups is 1. The molecule has 0 spiro atoms. The molecule has 1 aliphatic carbocycles. The van der Waals surface area contributed by atoms with Gasteiger partial charge in [0.15, 0.2) is 0 Å². The fourth-order valence-electron chi connectivity index (χ4n) is 5.07. The lowest BCUT2D eigenvalue weighted by atomic mass is 9.95. The van der Waals surface area contributed by atoms with E-state index in [2.05, 4.69) is 9.82 Å². The number of hydrogen-bond donors (Lipinski definition) is 1. The highest BCUT2D eigenvalue weighted by atomic mass is 32.2. The summed E-state index contributed by atoms with van der Waals surface area (Å²) in [5.41, 5.74) is 1.30. The lowest BCUT2D eigenvalue weighted by molar-refractivity contribution is -0.146. The van der Waals surface area contributed by atoms with Gasteiger partial charge in [-0.1, -0.05) is 12.1 Å². The summed E-state index contributed by atoms with van der Waals surface area (Å²) in [6.45, 7) is 8.69. The fourth-order valence-corrected chi connectivity index (χ4v) is 5.95. The summed E-state index contributed by atoms with van der Waals surface area (Å²) in [7, 11) is 1.56. The minimum atomic E-state index is -4.62. The first kappa shape index (κ1) is 27.8. The largest absolute Gasteiger partial charge is 0.598 e. The van der Waals surface area contributed by atoms with Crippen molar-refractivity contribution in [1.82, 2.24) is 19.4 Å². The van der Waals surface area contributed by atoms with Gasteiger partial charge in [0.25, 0.3) is 0 Å². The molecule has 0 radical (unpaired) electrons. The highest BCUT2D eigenvalue weighted by molar-refractivity contribution is 7.90. The van der Waals surface area contributed by atoms with Gasteiger partial charge >= 0.3 is 6.18 Å².